The Hall–Kier alpha value is -4.46. The number of hydrogen-bond donors (Lipinski definition) is 3. The zero-order chi connectivity index (χ0) is 35.3. The second kappa shape index (κ2) is 15.0. The van der Waals surface area contributed by atoms with E-state index in [9.17, 15) is 9.59 Å². The molecule has 5 rings (SSSR count). The van der Waals surface area contributed by atoms with Crippen molar-refractivity contribution in [3.8, 4) is 5.75 Å². The van der Waals surface area contributed by atoms with Crippen molar-refractivity contribution in [3.63, 3.8) is 0 Å². The van der Waals surface area contributed by atoms with E-state index in [-0.39, 0.29) is 48.0 Å². The first-order valence-corrected chi connectivity index (χ1v) is 16.7. The van der Waals surface area contributed by atoms with E-state index in [2.05, 4.69) is 30.8 Å². The van der Waals surface area contributed by atoms with E-state index < -0.39 is 11.6 Å². The molecule has 3 heterocycles. The number of hydrogen-bond acceptors (Lipinski definition) is 10. The number of aliphatic hydroxyl groups excluding tert-OH is 1. The zero-order valence-corrected chi connectivity index (χ0v) is 29.5. The molecule has 2 amide bonds. The maximum atomic E-state index is 13.4. The number of aliphatic hydroxyl groups is 1. The molecule has 1 aliphatic carbocycles. The predicted octanol–water partition coefficient (Wildman–Crippen LogP) is 5.36. The number of anilines is 1. The SMILES string of the molecule is COC(C)(C)c1nnc2ccc(O[C@@H]3CC[C@H](NC(=O)Nc4cc(C(C)(C)C)nc(C(=O)CCCN(C)CCO)n4)c4ccccc43)cn12. The molecular formula is C36H48N8O5. The number of urea groups is 1. The van der Waals surface area contributed by atoms with Gasteiger partial charge in [0.15, 0.2) is 23.1 Å². The van der Waals surface area contributed by atoms with Gasteiger partial charge in [0, 0.05) is 31.6 Å². The number of pyridine rings is 1. The number of ether oxygens (including phenoxy) is 2. The van der Waals surface area contributed by atoms with E-state index in [0.29, 0.717) is 55.3 Å². The number of ketones is 1. The Kier molecular flexibility index (Phi) is 11.0. The van der Waals surface area contributed by atoms with Crippen molar-refractivity contribution in [3.05, 3.63) is 77.1 Å². The lowest BCUT2D eigenvalue weighted by Crippen LogP contribution is -2.36. The van der Waals surface area contributed by atoms with Gasteiger partial charge in [-0.05, 0) is 70.0 Å². The first-order valence-electron chi connectivity index (χ1n) is 16.7. The molecule has 2 atom stereocenters. The summed E-state index contributed by atoms with van der Waals surface area (Å²) in [5, 5.41) is 23.7. The lowest BCUT2D eigenvalue weighted by Gasteiger charge is -2.32. The van der Waals surface area contributed by atoms with Crippen LogP contribution in [-0.2, 0) is 15.8 Å². The third kappa shape index (κ3) is 8.59. The number of carbonyl (C=O) groups excluding carboxylic acids is 2. The van der Waals surface area contributed by atoms with Crippen LogP contribution in [-0.4, -0.2) is 80.2 Å². The fraction of sp³-hybridized carbons (Fsp3) is 0.500. The maximum absolute atomic E-state index is 13.4. The van der Waals surface area contributed by atoms with E-state index in [1.54, 1.807) is 13.2 Å². The number of aromatic nitrogens is 5. The Morgan fingerprint density at radius 2 is 1.78 bits per heavy atom. The topological polar surface area (TPSA) is 156 Å². The van der Waals surface area contributed by atoms with Gasteiger partial charge in [-0.2, -0.15) is 0 Å². The molecule has 3 aromatic heterocycles. The van der Waals surface area contributed by atoms with Crippen molar-refractivity contribution in [2.24, 2.45) is 0 Å². The van der Waals surface area contributed by atoms with Crippen molar-refractivity contribution in [1.82, 2.24) is 34.8 Å². The highest BCUT2D eigenvalue weighted by molar-refractivity contribution is 5.94. The standard InChI is InChI=1S/C36H48N8O5/c1-35(2,3)29-21-30(39-32(38-29)27(46)13-10-18-43(6)19-20-45)40-34(47)37-26-15-16-28(25-12-9-8-11-24(25)26)49-23-14-17-31-41-42-33(44(31)22-23)36(4,5)48-7/h8-9,11-12,14,17,21-22,26,28,45H,10,13,15-16,18-20H2,1-7H3,(H2,37,38,39,40,47)/t26-,28+/m0/s1. The van der Waals surface area contributed by atoms with Crippen molar-refractivity contribution >= 4 is 23.3 Å². The number of nitrogens with one attached hydrogen (secondary N) is 2. The monoisotopic (exact) mass is 672 g/mol. The van der Waals surface area contributed by atoms with Gasteiger partial charge in [-0.1, -0.05) is 45.0 Å². The highest BCUT2D eigenvalue weighted by Crippen LogP contribution is 2.39. The molecule has 1 aromatic carbocycles. The minimum absolute atomic E-state index is 0.0653. The van der Waals surface area contributed by atoms with Crippen LogP contribution in [0.25, 0.3) is 5.65 Å². The number of carbonyl (C=O) groups is 2. The van der Waals surface area contributed by atoms with Crippen LogP contribution in [0.4, 0.5) is 10.6 Å². The number of likely N-dealkylation sites (N-methyl/N-ethyl adjacent to an activating group) is 1. The number of methoxy groups -OCH3 is 1. The summed E-state index contributed by atoms with van der Waals surface area (Å²) in [6, 6.07) is 12.8. The summed E-state index contributed by atoms with van der Waals surface area (Å²) in [6.07, 6.45) is 3.85. The van der Waals surface area contributed by atoms with Crippen LogP contribution in [0, 0.1) is 0 Å². The summed E-state index contributed by atoms with van der Waals surface area (Å²) < 4.78 is 14.1. The van der Waals surface area contributed by atoms with E-state index in [4.69, 9.17) is 14.6 Å². The number of fused-ring (bicyclic) bond motifs is 2. The van der Waals surface area contributed by atoms with Crippen molar-refractivity contribution < 1.29 is 24.2 Å². The normalized spacial score (nSPS) is 16.4. The molecule has 1 aliphatic rings. The molecular weight excluding hydrogens is 624 g/mol. The second-order valence-corrected chi connectivity index (χ2v) is 14.1. The third-order valence-corrected chi connectivity index (χ3v) is 8.85. The molecule has 0 fully saturated rings. The molecule has 0 spiro atoms. The van der Waals surface area contributed by atoms with E-state index in [0.717, 1.165) is 11.1 Å². The van der Waals surface area contributed by atoms with E-state index in [1.807, 2.05) is 93.6 Å². The highest BCUT2D eigenvalue weighted by Gasteiger charge is 2.31. The minimum Gasteiger partial charge on any atom is -0.484 e. The Morgan fingerprint density at radius 1 is 1.02 bits per heavy atom. The predicted molar refractivity (Wildman–Crippen MR) is 186 cm³/mol. The highest BCUT2D eigenvalue weighted by atomic mass is 16.5. The van der Waals surface area contributed by atoms with Crippen LogP contribution in [0.1, 0.15) is 106 Å². The average molecular weight is 673 g/mol. The maximum Gasteiger partial charge on any atom is 0.320 e. The smallest absolute Gasteiger partial charge is 0.320 e. The van der Waals surface area contributed by atoms with Crippen LogP contribution in [0.15, 0.2) is 48.7 Å². The van der Waals surface area contributed by atoms with Crippen LogP contribution >= 0.6 is 0 Å². The van der Waals surface area contributed by atoms with Gasteiger partial charge in [-0.3, -0.25) is 14.5 Å². The number of rotatable bonds is 13. The van der Waals surface area contributed by atoms with Gasteiger partial charge in [-0.15, -0.1) is 10.2 Å². The van der Waals surface area contributed by atoms with Gasteiger partial charge < -0.3 is 24.8 Å². The number of benzene rings is 1. The largest absolute Gasteiger partial charge is 0.484 e. The van der Waals surface area contributed by atoms with Gasteiger partial charge in [0.2, 0.25) is 0 Å². The van der Waals surface area contributed by atoms with Gasteiger partial charge in [0.25, 0.3) is 0 Å². The Bertz CT molecular complexity index is 1780. The molecule has 0 radical (unpaired) electrons. The third-order valence-electron chi connectivity index (χ3n) is 8.85. The van der Waals surface area contributed by atoms with Gasteiger partial charge in [-0.25, -0.2) is 14.8 Å². The molecule has 0 saturated carbocycles. The van der Waals surface area contributed by atoms with E-state index >= 15 is 0 Å². The Morgan fingerprint density at radius 3 is 2.49 bits per heavy atom. The zero-order valence-electron chi connectivity index (χ0n) is 29.5. The molecule has 0 saturated heterocycles. The lowest BCUT2D eigenvalue weighted by molar-refractivity contribution is 0.0106. The molecule has 262 valence electrons. The quantitative estimate of drug-likeness (QED) is 0.158. The fourth-order valence-corrected chi connectivity index (χ4v) is 5.86. The molecule has 13 heteroatoms. The molecule has 0 unspecified atom stereocenters. The summed E-state index contributed by atoms with van der Waals surface area (Å²) >= 11 is 0. The fourth-order valence-electron chi connectivity index (χ4n) is 5.86. The summed E-state index contributed by atoms with van der Waals surface area (Å²) in [7, 11) is 3.54. The van der Waals surface area contributed by atoms with Gasteiger partial charge >= 0.3 is 6.03 Å². The Balaban J connectivity index is 1.29. The van der Waals surface area contributed by atoms with Crippen LogP contribution in [0.5, 0.6) is 5.75 Å². The van der Waals surface area contributed by atoms with E-state index in [1.165, 1.54) is 0 Å². The first kappa shape index (κ1) is 35.8. The summed E-state index contributed by atoms with van der Waals surface area (Å²) in [4.78, 5) is 37.5. The lowest BCUT2D eigenvalue weighted by atomic mass is 9.85. The number of Topliss-reactive ketones (excluding diaryl/α,β-unsaturated/α-hetero) is 1. The molecule has 3 N–H and O–H groups in total. The molecule has 0 aliphatic heterocycles. The summed E-state index contributed by atoms with van der Waals surface area (Å²) in [5.41, 5.74) is 2.32. The van der Waals surface area contributed by atoms with Crippen LogP contribution < -0.4 is 15.4 Å². The average Bonchev–Trinajstić information content (AvgIpc) is 3.50. The molecule has 13 nitrogen and oxygen atoms in total. The molecule has 0 bridgehead atoms. The van der Waals surface area contributed by atoms with Crippen LogP contribution in [0.2, 0.25) is 0 Å². The van der Waals surface area contributed by atoms with Crippen molar-refractivity contribution in [1.29, 1.82) is 0 Å². The van der Waals surface area contributed by atoms with Crippen LogP contribution in [0.3, 0.4) is 0 Å². The number of nitrogens with zero attached hydrogens (tertiary/aromatic N) is 6. The second-order valence-electron chi connectivity index (χ2n) is 14.1. The molecule has 49 heavy (non-hydrogen) atoms. The van der Waals surface area contributed by atoms with Gasteiger partial charge in [0.1, 0.15) is 23.3 Å². The molecule has 4 aromatic rings. The first-order chi connectivity index (χ1) is 23.3. The summed E-state index contributed by atoms with van der Waals surface area (Å²) in [5.74, 6) is 1.50. The minimum atomic E-state index is -0.635. The van der Waals surface area contributed by atoms with Gasteiger partial charge in [0.05, 0.1) is 24.5 Å². The number of amides is 2. The summed E-state index contributed by atoms with van der Waals surface area (Å²) in [6.45, 7) is 11.1. The Labute approximate surface area is 287 Å². The van der Waals surface area contributed by atoms with Crippen molar-refractivity contribution in [2.45, 2.75) is 83.5 Å². The van der Waals surface area contributed by atoms with Crippen molar-refractivity contribution in [2.75, 3.05) is 39.2 Å².